The van der Waals surface area contributed by atoms with E-state index >= 15 is 0 Å². The number of hydrogen-bond donors (Lipinski definition) is 1. The minimum atomic E-state index is 0.501. The zero-order chi connectivity index (χ0) is 13.6. The third-order valence-corrected chi connectivity index (χ3v) is 4.84. The molecule has 0 amide bonds. The van der Waals surface area contributed by atoms with E-state index in [1.54, 1.807) is 0 Å². The molecule has 1 atom stereocenters. The van der Waals surface area contributed by atoms with Crippen LogP contribution in [0.2, 0.25) is 0 Å². The second-order valence-corrected chi connectivity index (χ2v) is 6.33. The largest absolute Gasteiger partial charge is 0.337 e. The summed E-state index contributed by atoms with van der Waals surface area (Å²) in [6, 6.07) is 9.39. The Morgan fingerprint density at radius 1 is 1.35 bits per heavy atom. The van der Waals surface area contributed by atoms with Crippen molar-refractivity contribution in [3.05, 3.63) is 54.1 Å². The van der Waals surface area contributed by atoms with Crippen molar-refractivity contribution >= 4 is 11.8 Å². The van der Waals surface area contributed by atoms with Crippen molar-refractivity contribution in [1.82, 2.24) is 14.9 Å². The maximum Gasteiger partial charge on any atom is 0.0945 e. The SMILES string of the molecule is c1ccc2c(c1)CCSC[C@H]2NCCCn1ccnc1. The lowest BCUT2D eigenvalue weighted by Crippen LogP contribution is -2.25. The second-order valence-electron chi connectivity index (χ2n) is 5.18. The summed E-state index contributed by atoms with van der Waals surface area (Å²) in [6.45, 7) is 2.09. The number of nitrogens with zero attached hydrogens (tertiary/aromatic N) is 2. The van der Waals surface area contributed by atoms with Crippen LogP contribution in [0.1, 0.15) is 23.6 Å². The topological polar surface area (TPSA) is 29.9 Å². The Labute approximate surface area is 124 Å². The molecule has 0 saturated heterocycles. The third kappa shape index (κ3) is 3.44. The lowest BCUT2D eigenvalue weighted by atomic mass is 10.00. The molecule has 2 heterocycles. The van der Waals surface area contributed by atoms with E-state index in [1.807, 2.05) is 18.7 Å². The summed E-state index contributed by atoms with van der Waals surface area (Å²) in [5.41, 5.74) is 3.02. The van der Waals surface area contributed by atoms with Gasteiger partial charge in [0.1, 0.15) is 0 Å². The number of aryl methyl sites for hydroxylation is 2. The summed E-state index contributed by atoms with van der Waals surface area (Å²) in [5.74, 6) is 2.42. The molecule has 0 unspecified atom stereocenters. The van der Waals surface area contributed by atoms with Crippen LogP contribution in [0.5, 0.6) is 0 Å². The smallest absolute Gasteiger partial charge is 0.0945 e. The van der Waals surface area contributed by atoms with Crippen LogP contribution in [0.3, 0.4) is 0 Å². The summed E-state index contributed by atoms with van der Waals surface area (Å²) in [7, 11) is 0. The molecule has 3 rings (SSSR count). The number of benzene rings is 1. The first kappa shape index (κ1) is 13.7. The molecule has 1 aromatic heterocycles. The first-order chi connectivity index (χ1) is 9.93. The lowest BCUT2D eigenvalue weighted by molar-refractivity contribution is 0.530. The van der Waals surface area contributed by atoms with Gasteiger partial charge in [0, 0.05) is 30.7 Å². The van der Waals surface area contributed by atoms with E-state index in [1.165, 1.54) is 29.1 Å². The number of rotatable bonds is 5. The Morgan fingerprint density at radius 2 is 2.30 bits per heavy atom. The van der Waals surface area contributed by atoms with Crippen molar-refractivity contribution in [2.75, 3.05) is 18.1 Å². The maximum atomic E-state index is 4.07. The van der Waals surface area contributed by atoms with Crippen molar-refractivity contribution in [2.24, 2.45) is 0 Å². The van der Waals surface area contributed by atoms with E-state index in [4.69, 9.17) is 0 Å². The van der Waals surface area contributed by atoms with Crippen molar-refractivity contribution in [3.63, 3.8) is 0 Å². The summed E-state index contributed by atoms with van der Waals surface area (Å²) in [5, 5.41) is 3.73. The van der Waals surface area contributed by atoms with Gasteiger partial charge in [-0.25, -0.2) is 4.98 Å². The van der Waals surface area contributed by atoms with Gasteiger partial charge >= 0.3 is 0 Å². The molecule has 0 bridgehead atoms. The van der Waals surface area contributed by atoms with Gasteiger partial charge in [0.2, 0.25) is 0 Å². The van der Waals surface area contributed by atoms with Crippen LogP contribution in [0.4, 0.5) is 0 Å². The van der Waals surface area contributed by atoms with E-state index < -0.39 is 0 Å². The van der Waals surface area contributed by atoms with Gasteiger partial charge < -0.3 is 9.88 Å². The fraction of sp³-hybridized carbons (Fsp3) is 0.438. The minimum Gasteiger partial charge on any atom is -0.337 e. The summed E-state index contributed by atoms with van der Waals surface area (Å²) < 4.78 is 2.14. The van der Waals surface area contributed by atoms with Gasteiger partial charge in [-0.3, -0.25) is 0 Å². The van der Waals surface area contributed by atoms with Crippen LogP contribution in [-0.2, 0) is 13.0 Å². The molecule has 0 spiro atoms. The number of imidazole rings is 1. The quantitative estimate of drug-likeness (QED) is 0.858. The monoisotopic (exact) mass is 287 g/mol. The zero-order valence-corrected chi connectivity index (χ0v) is 12.5. The molecule has 1 N–H and O–H groups in total. The highest BCUT2D eigenvalue weighted by molar-refractivity contribution is 7.99. The van der Waals surface area contributed by atoms with Crippen LogP contribution in [0.15, 0.2) is 43.0 Å². The Kier molecular flexibility index (Phi) is 4.77. The maximum absolute atomic E-state index is 4.07. The Morgan fingerprint density at radius 3 is 3.20 bits per heavy atom. The Hall–Kier alpha value is -1.26. The van der Waals surface area contributed by atoms with Gasteiger partial charge in [0.25, 0.3) is 0 Å². The van der Waals surface area contributed by atoms with Gasteiger partial charge in [-0.1, -0.05) is 24.3 Å². The fourth-order valence-electron chi connectivity index (χ4n) is 2.70. The summed E-state index contributed by atoms with van der Waals surface area (Å²) in [6.07, 6.45) is 8.09. The molecule has 1 aliphatic rings. The first-order valence-electron chi connectivity index (χ1n) is 7.28. The third-order valence-electron chi connectivity index (χ3n) is 3.77. The van der Waals surface area contributed by atoms with Gasteiger partial charge in [-0.2, -0.15) is 11.8 Å². The molecular formula is C16H21N3S. The predicted molar refractivity (Wildman–Crippen MR) is 85.1 cm³/mol. The predicted octanol–water partition coefficient (Wildman–Crippen LogP) is 2.89. The Balaban J connectivity index is 1.54. The number of hydrogen-bond acceptors (Lipinski definition) is 3. The second kappa shape index (κ2) is 6.95. The minimum absolute atomic E-state index is 0.501. The van der Waals surface area contributed by atoms with Gasteiger partial charge in [-0.05, 0) is 36.3 Å². The van der Waals surface area contributed by atoms with Crippen molar-refractivity contribution in [3.8, 4) is 0 Å². The highest BCUT2D eigenvalue weighted by atomic mass is 32.2. The van der Waals surface area contributed by atoms with E-state index in [0.717, 1.165) is 19.5 Å². The van der Waals surface area contributed by atoms with Crippen LogP contribution in [-0.4, -0.2) is 27.6 Å². The van der Waals surface area contributed by atoms with Crippen molar-refractivity contribution < 1.29 is 0 Å². The molecule has 1 aromatic carbocycles. The normalized spacial score (nSPS) is 18.5. The average Bonchev–Trinajstić information content (AvgIpc) is 2.91. The van der Waals surface area contributed by atoms with Crippen molar-refractivity contribution in [1.29, 1.82) is 0 Å². The molecule has 0 radical (unpaired) electrons. The molecular weight excluding hydrogens is 266 g/mol. The Bertz CT molecular complexity index is 524. The van der Waals surface area contributed by atoms with Crippen LogP contribution in [0, 0.1) is 0 Å². The summed E-state index contributed by atoms with van der Waals surface area (Å²) >= 11 is 2.06. The van der Waals surface area contributed by atoms with Gasteiger partial charge in [0.15, 0.2) is 0 Å². The van der Waals surface area contributed by atoms with Crippen LogP contribution < -0.4 is 5.32 Å². The molecule has 0 saturated carbocycles. The number of thioether (sulfide) groups is 1. The fourth-order valence-corrected chi connectivity index (χ4v) is 3.76. The van der Waals surface area contributed by atoms with E-state index in [9.17, 15) is 0 Å². The standard InChI is InChI=1S/C16H21N3S/c1-2-5-15-14(4-1)6-11-20-12-16(15)18-7-3-9-19-10-8-17-13-19/h1-2,4-5,8,10,13,16,18H,3,6-7,9,11-12H2/t16-/m1/s1. The van der Waals surface area contributed by atoms with Gasteiger partial charge in [0.05, 0.1) is 6.33 Å². The summed E-state index contributed by atoms with van der Waals surface area (Å²) in [4.78, 5) is 4.07. The molecule has 106 valence electrons. The van der Waals surface area contributed by atoms with Gasteiger partial charge in [-0.15, -0.1) is 0 Å². The van der Waals surface area contributed by atoms with E-state index in [-0.39, 0.29) is 0 Å². The van der Waals surface area contributed by atoms with Crippen LogP contribution in [0.25, 0.3) is 0 Å². The molecule has 3 nitrogen and oxygen atoms in total. The molecule has 0 aliphatic carbocycles. The van der Waals surface area contributed by atoms with E-state index in [0.29, 0.717) is 6.04 Å². The molecule has 1 aliphatic heterocycles. The number of fused-ring (bicyclic) bond motifs is 1. The highest BCUT2D eigenvalue weighted by Crippen LogP contribution is 2.27. The average molecular weight is 287 g/mol. The van der Waals surface area contributed by atoms with Crippen molar-refractivity contribution in [2.45, 2.75) is 25.4 Å². The highest BCUT2D eigenvalue weighted by Gasteiger charge is 2.17. The van der Waals surface area contributed by atoms with Crippen LogP contribution >= 0.6 is 11.8 Å². The van der Waals surface area contributed by atoms with E-state index in [2.05, 4.69) is 50.9 Å². The number of nitrogens with one attached hydrogen (secondary N) is 1. The number of aromatic nitrogens is 2. The first-order valence-corrected chi connectivity index (χ1v) is 8.43. The molecule has 4 heteroatoms. The zero-order valence-electron chi connectivity index (χ0n) is 11.7. The molecule has 20 heavy (non-hydrogen) atoms. The molecule has 2 aromatic rings. The lowest BCUT2D eigenvalue weighted by Gasteiger charge is -2.19. The molecule has 0 fully saturated rings.